The van der Waals surface area contributed by atoms with Gasteiger partial charge in [-0.2, -0.15) is 0 Å². The molecule has 1 aromatic rings. The minimum Gasteiger partial charge on any atom is -0.344 e. The topological polar surface area (TPSA) is 37.8 Å². The van der Waals surface area contributed by atoms with E-state index in [-0.39, 0.29) is 0 Å². The van der Waals surface area contributed by atoms with Crippen molar-refractivity contribution in [3.8, 4) is 0 Å². The molecule has 1 aromatic heterocycles. The second-order valence-electron chi connectivity index (χ2n) is 1.78. The highest BCUT2D eigenvalue weighted by Crippen LogP contribution is 2.26. The molecule has 0 aromatic carbocycles. The zero-order valence-corrected chi connectivity index (χ0v) is 5.93. The number of rotatable bonds is 0. The molecule has 0 spiro atoms. The smallest absolute Gasteiger partial charge is 0.163 e. The van der Waals surface area contributed by atoms with E-state index < -0.39 is 0 Å². The third-order valence-corrected chi connectivity index (χ3v) is 1.93. The summed E-state index contributed by atoms with van der Waals surface area (Å²) in [6, 6.07) is 0. The van der Waals surface area contributed by atoms with Gasteiger partial charge in [0.05, 0.1) is 0 Å². The lowest BCUT2D eigenvalue weighted by molar-refractivity contribution is 1.06. The maximum Gasteiger partial charge on any atom is 0.163 e. The molecule has 0 radical (unpaired) electrons. The van der Waals surface area contributed by atoms with Gasteiger partial charge in [-0.15, -0.1) is 0 Å². The van der Waals surface area contributed by atoms with Crippen molar-refractivity contribution in [3.63, 3.8) is 0 Å². The number of hydrogen-bond donors (Lipinski definition) is 1. The van der Waals surface area contributed by atoms with Crippen molar-refractivity contribution < 1.29 is 0 Å². The Balaban J connectivity index is 2.47. The van der Waals surface area contributed by atoms with E-state index in [9.17, 15) is 0 Å². The van der Waals surface area contributed by atoms with Crippen LogP contribution < -0.4 is 5.32 Å². The normalized spacial score (nSPS) is 14.0. The van der Waals surface area contributed by atoms with Gasteiger partial charge in [-0.1, -0.05) is 11.8 Å². The summed E-state index contributed by atoms with van der Waals surface area (Å²) in [6.07, 6.45) is 5.21. The third kappa shape index (κ3) is 0.863. The van der Waals surface area contributed by atoms with Gasteiger partial charge in [0.1, 0.15) is 5.03 Å². The Morgan fingerprint density at radius 1 is 1.30 bits per heavy atom. The monoisotopic (exact) mass is 151 g/mol. The van der Waals surface area contributed by atoms with Gasteiger partial charge in [0.15, 0.2) is 5.82 Å². The first kappa shape index (κ1) is 5.73. The second-order valence-corrected chi connectivity index (χ2v) is 2.67. The molecule has 10 heavy (non-hydrogen) atoms. The van der Waals surface area contributed by atoms with Gasteiger partial charge in [-0.05, 0) is 5.41 Å². The van der Waals surface area contributed by atoms with Gasteiger partial charge in [-0.25, -0.2) is 9.97 Å². The van der Waals surface area contributed by atoms with Crippen LogP contribution in [-0.4, -0.2) is 9.97 Å². The standard InChI is InChI=1S/C6H5N3S/c1-2-9-6-5(7-1)8-3-4-10-6/h1-4H,(H,7,8). The number of fused-ring (bicyclic) bond motifs is 1. The fraction of sp³-hybridized carbons (Fsp3) is 0. The van der Waals surface area contributed by atoms with Crippen LogP contribution in [0.4, 0.5) is 5.82 Å². The van der Waals surface area contributed by atoms with Crippen molar-refractivity contribution in [2.45, 2.75) is 5.03 Å². The molecule has 1 aliphatic heterocycles. The van der Waals surface area contributed by atoms with Crippen LogP contribution in [0.15, 0.2) is 29.0 Å². The number of hydrogen-bond acceptors (Lipinski definition) is 4. The van der Waals surface area contributed by atoms with Gasteiger partial charge in [0.2, 0.25) is 0 Å². The van der Waals surface area contributed by atoms with Crippen LogP contribution in [0.5, 0.6) is 0 Å². The van der Waals surface area contributed by atoms with Crippen molar-refractivity contribution in [3.05, 3.63) is 24.0 Å². The summed E-state index contributed by atoms with van der Waals surface area (Å²) >= 11 is 1.57. The molecule has 0 bridgehead atoms. The highest BCUT2D eigenvalue weighted by Gasteiger charge is 2.04. The highest BCUT2D eigenvalue weighted by atomic mass is 32.2. The Hall–Kier alpha value is -1.03. The fourth-order valence-corrected chi connectivity index (χ4v) is 1.33. The zero-order chi connectivity index (χ0) is 6.81. The first-order valence-electron chi connectivity index (χ1n) is 2.86. The second kappa shape index (κ2) is 2.30. The van der Waals surface area contributed by atoms with Crippen molar-refractivity contribution in [2.24, 2.45) is 0 Å². The Kier molecular flexibility index (Phi) is 1.32. The summed E-state index contributed by atoms with van der Waals surface area (Å²) in [5.41, 5.74) is 0. The molecule has 2 rings (SSSR count). The van der Waals surface area contributed by atoms with Crippen LogP contribution in [-0.2, 0) is 0 Å². The lowest BCUT2D eigenvalue weighted by Crippen LogP contribution is -1.97. The molecule has 2 heterocycles. The van der Waals surface area contributed by atoms with Gasteiger partial charge in [-0.3, -0.25) is 0 Å². The van der Waals surface area contributed by atoms with E-state index >= 15 is 0 Å². The molecule has 0 saturated heterocycles. The highest BCUT2D eigenvalue weighted by molar-refractivity contribution is 8.02. The average Bonchev–Trinajstić information content (AvgIpc) is 2.05. The van der Waals surface area contributed by atoms with Crippen LogP contribution in [0.1, 0.15) is 0 Å². The van der Waals surface area contributed by atoms with Crippen LogP contribution in [0.25, 0.3) is 0 Å². The minimum absolute atomic E-state index is 0.843. The minimum atomic E-state index is 0.843. The molecule has 0 atom stereocenters. The van der Waals surface area contributed by atoms with Crippen molar-refractivity contribution in [1.82, 2.24) is 9.97 Å². The summed E-state index contributed by atoms with van der Waals surface area (Å²) in [7, 11) is 0. The average molecular weight is 151 g/mol. The maximum atomic E-state index is 4.11. The third-order valence-electron chi connectivity index (χ3n) is 1.13. The lowest BCUT2D eigenvalue weighted by Gasteiger charge is -2.07. The van der Waals surface area contributed by atoms with E-state index in [4.69, 9.17) is 0 Å². The molecule has 0 amide bonds. The Morgan fingerprint density at radius 3 is 3.10 bits per heavy atom. The molecule has 0 unspecified atom stereocenters. The Labute approximate surface area is 62.6 Å². The summed E-state index contributed by atoms with van der Waals surface area (Å²) in [4.78, 5) is 8.18. The van der Waals surface area contributed by atoms with Gasteiger partial charge in [0, 0.05) is 18.6 Å². The van der Waals surface area contributed by atoms with Crippen LogP contribution in [0.3, 0.4) is 0 Å². The van der Waals surface area contributed by atoms with Gasteiger partial charge >= 0.3 is 0 Å². The number of nitrogens with zero attached hydrogens (tertiary/aromatic N) is 2. The number of nitrogens with one attached hydrogen (secondary N) is 1. The quantitative estimate of drug-likeness (QED) is 0.609. The molecule has 1 N–H and O–H groups in total. The van der Waals surface area contributed by atoms with E-state index in [1.54, 1.807) is 24.2 Å². The van der Waals surface area contributed by atoms with Crippen molar-refractivity contribution >= 4 is 17.6 Å². The predicted octanol–water partition coefficient (Wildman–Crippen LogP) is 1.47. The summed E-state index contributed by atoms with van der Waals surface area (Å²) in [6.45, 7) is 0. The SMILES string of the molecule is C1=CSc2nccnc2N1. The van der Waals surface area contributed by atoms with Gasteiger partial charge < -0.3 is 5.32 Å². The molecular formula is C6H5N3S. The Morgan fingerprint density at radius 2 is 2.20 bits per heavy atom. The molecule has 0 fully saturated rings. The molecule has 4 heteroatoms. The Bertz CT molecular complexity index is 244. The van der Waals surface area contributed by atoms with Crippen LogP contribution in [0.2, 0.25) is 0 Å². The molecule has 1 aliphatic rings. The first-order valence-corrected chi connectivity index (χ1v) is 3.74. The van der Waals surface area contributed by atoms with Gasteiger partial charge in [0.25, 0.3) is 0 Å². The fourth-order valence-electron chi connectivity index (χ4n) is 0.722. The number of aromatic nitrogens is 2. The predicted molar refractivity (Wildman–Crippen MR) is 40.7 cm³/mol. The maximum absolute atomic E-state index is 4.11. The largest absolute Gasteiger partial charge is 0.344 e. The lowest BCUT2D eigenvalue weighted by atomic mass is 10.6. The van der Waals surface area contributed by atoms with E-state index in [2.05, 4.69) is 15.3 Å². The van der Waals surface area contributed by atoms with E-state index in [0.717, 1.165) is 10.8 Å². The molecule has 0 saturated carbocycles. The van der Waals surface area contributed by atoms with Crippen molar-refractivity contribution in [1.29, 1.82) is 0 Å². The van der Waals surface area contributed by atoms with E-state index in [1.807, 2.05) is 11.6 Å². The molecule has 0 aliphatic carbocycles. The molecule has 50 valence electrons. The molecular weight excluding hydrogens is 146 g/mol. The number of thioether (sulfide) groups is 1. The van der Waals surface area contributed by atoms with Crippen LogP contribution in [0, 0.1) is 0 Å². The first-order chi connectivity index (χ1) is 4.97. The van der Waals surface area contributed by atoms with Crippen molar-refractivity contribution in [2.75, 3.05) is 5.32 Å². The molecule has 3 nitrogen and oxygen atoms in total. The summed E-state index contributed by atoms with van der Waals surface area (Å²) in [5, 5.41) is 5.86. The summed E-state index contributed by atoms with van der Waals surface area (Å²) in [5.74, 6) is 0.843. The van der Waals surface area contributed by atoms with Crippen LogP contribution >= 0.6 is 11.8 Å². The van der Waals surface area contributed by atoms with E-state index in [1.165, 1.54) is 0 Å². The zero-order valence-electron chi connectivity index (χ0n) is 5.11. The summed E-state index contributed by atoms with van der Waals surface area (Å²) < 4.78 is 0. The van der Waals surface area contributed by atoms with E-state index in [0.29, 0.717) is 0 Å². The number of anilines is 1.